The van der Waals surface area contributed by atoms with Crippen molar-refractivity contribution in [1.29, 1.82) is 0 Å². The molecule has 0 bridgehead atoms. The van der Waals surface area contributed by atoms with Gasteiger partial charge in [-0.25, -0.2) is 19.2 Å². The van der Waals surface area contributed by atoms with E-state index in [0.29, 0.717) is 38.5 Å². The van der Waals surface area contributed by atoms with Crippen molar-refractivity contribution in [3.05, 3.63) is 35.9 Å². The van der Waals surface area contributed by atoms with Crippen LogP contribution in [0.3, 0.4) is 0 Å². The Balaban J connectivity index is 0.000000869. The van der Waals surface area contributed by atoms with Gasteiger partial charge >= 0.3 is 36.1 Å². The molecule has 0 saturated heterocycles. The molecule has 0 aromatic heterocycles. The maximum Gasteiger partial charge on any atom is 0.407 e. The van der Waals surface area contributed by atoms with Crippen molar-refractivity contribution in [1.82, 2.24) is 10.6 Å². The Bertz CT molecular complexity index is 987. The molecule has 2 atom stereocenters. The van der Waals surface area contributed by atoms with Crippen molar-refractivity contribution in [3.8, 4) is 0 Å². The number of amides is 2. The Morgan fingerprint density at radius 2 is 1.16 bits per heavy atom. The van der Waals surface area contributed by atoms with E-state index in [0.717, 1.165) is 5.56 Å². The first-order chi connectivity index (χ1) is 20.6. The van der Waals surface area contributed by atoms with Crippen molar-refractivity contribution in [3.63, 3.8) is 0 Å². The second-order valence-corrected chi connectivity index (χ2v) is 8.91. The lowest BCUT2D eigenvalue weighted by Crippen LogP contribution is -2.41. The van der Waals surface area contributed by atoms with Crippen LogP contribution in [0.15, 0.2) is 30.3 Å². The van der Waals surface area contributed by atoms with Crippen molar-refractivity contribution >= 4 is 36.1 Å². The smallest absolute Gasteiger partial charge is 0.407 e. The standard InChI is InChI=1S/C18H25NO6.C11H19NO6/c1-3-24-17(21)15(19-18(22)23-2)11-7-8-12-16(20)25-13-14-9-5-4-6-10-14;1-3-18-10(15)8(12-11(16)17-2)6-4-5-7-9(13)14/h4-6,9-10,15H,3,7-8,11-13H2,1-2H3,(H,19,22);8H,3-7H2,1-2H3,(H,12,16)(H,13,14). The van der Waals surface area contributed by atoms with Gasteiger partial charge in [0.2, 0.25) is 0 Å². The molecule has 1 aromatic rings. The number of carbonyl (C=O) groups excluding carboxylic acids is 5. The number of methoxy groups -OCH3 is 2. The van der Waals surface area contributed by atoms with Gasteiger partial charge in [-0.2, -0.15) is 0 Å². The minimum atomic E-state index is -0.886. The average molecular weight is 613 g/mol. The molecule has 2 amide bonds. The molecule has 2 unspecified atom stereocenters. The molecule has 0 aliphatic carbocycles. The number of carboxylic acid groups (broad SMARTS) is 1. The number of hydrogen-bond donors (Lipinski definition) is 3. The van der Waals surface area contributed by atoms with Gasteiger partial charge in [-0.1, -0.05) is 43.2 Å². The van der Waals surface area contributed by atoms with Crippen LogP contribution in [0.25, 0.3) is 0 Å². The molecule has 0 spiro atoms. The number of carboxylic acids is 1. The molecule has 3 N–H and O–H groups in total. The normalized spacial score (nSPS) is 11.3. The maximum absolute atomic E-state index is 11.8. The van der Waals surface area contributed by atoms with Gasteiger partial charge in [0.25, 0.3) is 0 Å². The van der Waals surface area contributed by atoms with Crippen molar-refractivity contribution in [2.75, 3.05) is 27.4 Å². The zero-order valence-corrected chi connectivity index (χ0v) is 25.3. The van der Waals surface area contributed by atoms with Crippen LogP contribution in [-0.2, 0) is 49.5 Å². The van der Waals surface area contributed by atoms with Gasteiger partial charge in [0.15, 0.2) is 0 Å². The van der Waals surface area contributed by atoms with E-state index in [1.54, 1.807) is 13.8 Å². The number of hydrogen-bond acceptors (Lipinski definition) is 11. The summed E-state index contributed by atoms with van der Waals surface area (Å²) in [4.78, 5) is 67.7. The van der Waals surface area contributed by atoms with Crippen LogP contribution < -0.4 is 10.6 Å². The molecule has 1 rings (SSSR count). The third-order valence-corrected chi connectivity index (χ3v) is 5.60. The Morgan fingerprint density at radius 1 is 0.698 bits per heavy atom. The zero-order valence-electron chi connectivity index (χ0n) is 25.3. The van der Waals surface area contributed by atoms with Crippen LogP contribution in [-0.4, -0.2) is 80.7 Å². The lowest BCUT2D eigenvalue weighted by atomic mass is 10.1. The third-order valence-electron chi connectivity index (χ3n) is 5.60. The van der Waals surface area contributed by atoms with Gasteiger partial charge in [-0.3, -0.25) is 9.59 Å². The van der Waals surface area contributed by atoms with Gasteiger partial charge in [0.05, 0.1) is 27.4 Å². The van der Waals surface area contributed by atoms with Crippen molar-refractivity contribution < 1.29 is 57.6 Å². The molecular weight excluding hydrogens is 568 g/mol. The van der Waals surface area contributed by atoms with Crippen LogP contribution in [0.1, 0.15) is 70.8 Å². The fourth-order valence-electron chi connectivity index (χ4n) is 3.44. The topological polar surface area (TPSA) is 193 Å². The highest BCUT2D eigenvalue weighted by Crippen LogP contribution is 2.09. The number of ether oxygens (including phenoxy) is 5. The summed E-state index contributed by atoms with van der Waals surface area (Å²) in [6, 6.07) is 7.85. The first-order valence-corrected chi connectivity index (χ1v) is 14.0. The van der Waals surface area contributed by atoms with Gasteiger partial charge in [0.1, 0.15) is 18.7 Å². The summed E-state index contributed by atoms with van der Waals surface area (Å²) in [7, 11) is 2.42. The summed E-state index contributed by atoms with van der Waals surface area (Å²) in [6.07, 6.45) is 1.61. The summed E-state index contributed by atoms with van der Waals surface area (Å²) in [6.45, 7) is 4.04. The average Bonchev–Trinajstić information content (AvgIpc) is 2.99. The van der Waals surface area contributed by atoms with Gasteiger partial charge in [-0.15, -0.1) is 0 Å². The first kappa shape index (κ1) is 38.6. The number of unbranched alkanes of at least 4 members (excludes halogenated alkanes) is 2. The van der Waals surface area contributed by atoms with Gasteiger partial charge in [-0.05, 0) is 45.1 Å². The highest BCUT2D eigenvalue weighted by molar-refractivity contribution is 5.81. The molecule has 1 aromatic carbocycles. The van der Waals surface area contributed by atoms with Gasteiger partial charge in [0, 0.05) is 12.8 Å². The quantitative estimate of drug-likeness (QED) is 0.124. The zero-order chi connectivity index (χ0) is 32.5. The SMILES string of the molecule is CCOC(=O)C(CCCCC(=O)O)NC(=O)OC.CCOC(=O)C(CCCCC(=O)OCc1ccccc1)NC(=O)OC. The van der Waals surface area contributed by atoms with E-state index in [4.69, 9.17) is 19.3 Å². The minimum Gasteiger partial charge on any atom is -0.481 e. The predicted octanol–water partition coefficient (Wildman–Crippen LogP) is 3.50. The molecule has 0 heterocycles. The fourth-order valence-corrected chi connectivity index (χ4v) is 3.44. The van der Waals surface area contributed by atoms with E-state index < -0.39 is 42.2 Å². The largest absolute Gasteiger partial charge is 0.481 e. The molecule has 0 aliphatic rings. The molecule has 0 radical (unpaired) electrons. The molecule has 0 saturated carbocycles. The second kappa shape index (κ2) is 24.3. The van der Waals surface area contributed by atoms with Crippen molar-refractivity contribution in [2.45, 2.75) is 83.9 Å². The highest BCUT2D eigenvalue weighted by atomic mass is 16.6. The monoisotopic (exact) mass is 612 g/mol. The Kier molecular flexibility index (Phi) is 21.8. The number of nitrogens with one attached hydrogen (secondary N) is 2. The molecular formula is C29H44N2O12. The first-order valence-electron chi connectivity index (χ1n) is 14.0. The number of benzene rings is 1. The molecule has 242 valence electrons. The number of alkyl carbamates (subject to hydrolysis) is 2. The predicted molar refractivity (Wildman–Crippen MR) is 153 cm³/mol. The van der Waals surface area contributed by atoms with Crippen LogP contribution in [0, 0.1) is 0 Å². The Morgan fingerprint density at radius 3 is 1.58 bits per heavy atom. The Hall–Kier alpha value is -4.36. The maximum atomic E-state index is 11.8. The lowest BCUT2D eigenvalue weighted by Gasteiger charge is -2.16. The number of aliphatic carboxylic acids is 1. The lowest BCUT2D eigenvalue weighted by molar-refractivity contribution is -0.146. The van der Waals surface area contributed by atoms with E-state index >= 15 is 0 Å². The molecule has 0 fully saturated rings. The summed E-state index contributed by atoms with van der Waals surface area (Å²) in [5.41, 5.74) is 0.931. The Labute approximate surface area is 251 Å². The number of carbonyl (C=O) groups is 6. The summed E-state index contributed by atoms with van der Waals surface area (Å²) < 4.78 is 23.8. The van der Waals surface area contributed by atoms with Crippen LogP contribution in [0.5, 0.6) is 0 Å². The third kappa shape index (κ3) is 20.2. The van der Waals surface area contributed by atoms with Crippen LogP contribution in [0.4, 0.5) is 9.59 Å². The minimum absolute atomic E-state index is 0.0355. The summed E-state index contributed by atoms with van der Waals surface area (Å²) in [5, 5.41) is 13.3. The molecule has 43 heavy (non-hydrogen) atoms. The van der Waals surface area contributed by atoms with E-state index in [1.165, 1.54) is 14.2 Å². The molecule has 0 aliphatic heterocycles. The highest BCUT2D eigenvalue weighted by Gasteiger charge is 2.23. The van der Waals surface area contributed by atoms with Crippen LogP contribution >= 0.6 is 0 Å². The fraction of sp³-hybridized carbons (Fsp3) is 0.586. The van der Waals surface area contributed by atoms with E-state index in [1.807, 2.05) is 30.3 Å². The number of esters is 3. The number of rotatable bonds is 18. The molecule has 14 heteroatoms. The van der Waals surface area contributed by atoms with Crippen LogP contribution in [0.2, 0.25) is 0 Å². The van der Waals surface area contributed by atoms with E-state index in [9.17, 15) is 28.8 Å². The van der Waals surface area contributed by atoms with Crippen molar-refractivity contribution in [2.24, 2.45) is 0 Å². The van der Waals surface area contributed by atoms with E-state index in [-0.39, 0.29) is 38.6 Å². The van der Waals surface area contributed by atoms with Gasteiger partial charge < -0.3 is 39.4 Å². The molecule has 14 nitrogen and oxygen atoms in total. The van der Waals surface area contributed by atoms with E-state index in [2.05, 4.69) is 20.1 Å². The second-order valence-electron chi connectivity index (χ2n) is 8.91. The summed E-state index contributed by atoms with van der Waals surface area (Å²) in [5.74, 6) is -2.24. The summed E-state index contributed by atoms with van der Waals surface area (Å²) >= 11 is 0.